The Labute approximate surface area is 270 Å². The summed E-state index contributed by atoms with van der Waals surface area (Å²) in [7, 11) is 0. The van der Waals surface area contributed by atoms with Gasteiger partial charge in [0.15, 0.2) is 0 Å². The predicted octanol–water partition coefficient (Wildman–Crippen LogP) is 10.6. The van der Waals surface area contributed by atoms with Crippen LogP contribution in [0, 0.1) is 0 Å². The van der Waals surface area contributed by atoms with Crippen molar-refractivity contribution in [2.45, 2.75) is 180 Å². The van der Waals surface area contributed by atoms with E-state index in [4.69, 9.17) is 9.84 Å². The average molecular weight is 618 g/mol. The van der Waals surface area contributed by atoms with Gasteiger partial charge in [-0.3, -0.25) is 14.4 Å². The normalized spacial score (nSPS) is 12.4. The Bertz CT molecular complexity index is 773. The number of carbonyl (C=O) groups excluding carboxylic acids is 2. The second-order valence-electron chi connectivity index (χ2n) is 12.1. The lowest BCUT2D eigenvalue weighted by Gasteiger charge is -2.14. The van der Waals surface area contributed by atoms with Gasteiger partial charge in [-0.1, -0.05) is 128 Å². The van der Waals surface area contributed by atoms with Crippen molar-refractivity contribution in [3.8, 4) is 0 Å². The molecule has 0 aliphatic carbocycles. The maximum atomic E-state index is 12.6. The van der Waals surface area contributed by atoms with E-state index in [1.165, 1.54) is 83.5 Å². The second kappa shape index (κ2) is 33.5. The number of amides is 1. The minimum atomic E-state index is -1.03. The highest BCUT2D eigenvalue weighted by Crippen LogP contribution is 2.15. The molecule has 0 fully saturated rings. The van der Waals surface area contributed by atoms with Crippen LogP contribution >= 0.6 is 0 Å². The molecule has 0 aromatic carbocycles. The van der Waals surface area contributed by atoms with E-state index in [0.29, 0.717) is 12.8 Å². The lowest BCUT2D eigenvalue weighted by atomic mass is 10.1. The lowest BCUT2D eigenvalue weighted by Crippen LogP contribution is -2.28. The van der Waals surface area contributed by atoms with E-state index >= 15 is 0 Å². The van der Waals surface area contributed by atoms with Crippen molar-refractivity contribution in [3.05, 3.63) is 36.5 Å². The molecule has 254 valence electrons. The molecule has 0 aliphatic heterocycles. The number of unbranched alkanes of at least 4 members (excludes halogenated alkanes) is 17. The molecule has 0 rings (SSSR count). The standard InChI is InChI=1S/C38H67NO5/c1-3-5-7-9-11-12-13-14-15-16-17-18-19-21-23-29-33-38(43)44-35(30-26-22-20-10-8-6-4-2)31-27-24-25-28-32-36(40)39-34-37(41)42/h10,15-16,20,26,30,35H,3-9,11-14,17-19,21-25,27-29,31-34H2,1-2H3,(H,39,40)(H,41,42)/b16-15-,20-10-,30-26-. The summed E-state index contributed by atoms with van der Waals surface area (Å²) in [4.78, 5) is 34.7. The van der Waals surface area contributed by atoms with Gasteiger partial charge in [-0.15, -0.1) is 0 Å². The van der Waals surface area contributed by atoms with E-state index in [-0.39, 0.29) is 24.5 Å². The Kier molecular flexibility index (Phi) is 31.7. The summed E-state index contributed by atoms with van der Waals surface area (Å²) in [6, 6.07) is 0. The van der Waals surface area contributed by atoms with Gasteiger partial charge in [0.25, 0.3) is 0 Å². The van der Waals surface area contributed by atoms with Crippen LogP contribution in [0.3, 0.4) is 0 Å². The van der Waals surface area contributed by atoms with Crippen molar-refractivity contribution >= 4 is 17.8 Å². The number of allylic oxidation sites excluding steroid dienone is 5. The van der Waals surface area contributed by atoms with Crippen molar-refractivity contribution in [3.63, 3.8) is 0 Å². The molecule has 1 unspecified atom stereocenters. The van der Waals surface area contributed by atoms with Crippen molar-refractivity contribution in [2.24, 2.45) is 0 Å². The van der Waals surface area contributed by atoms with Gasteiger partial charge in [0.05, 0.1) is 0 Å². The molecule has 0 spiro atoms. The van der Waals surface area contributed by atoms with Crippen molar-refractivity contribution < 1.29 is 24.2 Å². The molecule has 44 heavy (non-hydrogen) atoms. The van der Waals surface area contributed by atoms with E-state index in [1.54, 1.807) is 0 Å². The third-order valence-corrected chi connectivity index (χ3v) is 7.77. The molecule has 0 saturated carbocycles. The minimum Gasteiger partial charge on any atom is -0.480 e. The number of hydrogen-bond acceptors (Lipinski definition) is 4. The van der Waals surface area contributed by atoms with E-state index in [1.807, 2.05) is 6.08 Å². The Balaban J connectivity index is 4.12. The summed E-state index contributed by atoms with van der Waals surface area (Å²) in [6.45, 7) is 4.13. The smallest absolute Gasteiger partial charge is 0.322 e. The highest BCUT2D eigenvalue weighted by atomic mass is 16.5. The number of esters is 1. The summed E-state index contributed by atoms with van der Waals surface area (Å²) in [5, 5.41) is 11.0. The zero-order valence-corrected chi connectivity index (χ0v) is 28.5. The molecular weight excluding hydrogens is 550 g/mol. The molecular formula is C38H67NO5. The lowest BCUT2D eigenvalue weighted by molar-refractivity contribution is -0.147. The molecule has 6 nitrogen and oxygen atoms in total. The van der Waals surface area contributed by atoms with Gasteiger partial charge in [0, 0.05) is 12.8 Å². The molecule has 0 aromatic rings. The van der Waals surface area contributed by atoms with Gasteiger partial charge in [0.2, 0.25) is 5.91 Å². The van der Waals surface area contributed by atoms with Crippen LogP contribution in [-0.2, 0) is 19.1 Å². The van der Waals surface area contributed by atoms with Crippen molar-refractivity contribution in [1.29, 1.82) is 0 Å². The number of nitrogens with one attached hydrogen (secondary N) is 1. The van der Waals surface area contributed by atoms with E-state index in [2.05, 4.69) is 49.5 Å². The maximum Gasteiger partial charge on any atom is 0.322 e. The van der Waals surface area contributed by atoms with Gasteiger partial charge < -0.3 is 15.2 Å². The third kappa shape index (κ3) is 32.5. The van der Waals surface area contributed by atoms with Crippen LogP contribution in [0.1, 0.15) is 174 Å². The number of carboxylic acid groups (broad SMARTS) is 1. The largest absolute Gasteiger partial charge is 0.480 e. The van der Waals surface area contributed by atoms with Crippen molar-refractivity contribution in [2.75, 3.05) is 6.54 Å². The average Bonchev–Trinajstić information content (AvgIpc) is 3.00. The Hall–Kier alpha value is -2.37. The van der Waals surface area contributed by atoms with Gasteiger partial charge in [-0.25, -0.2) is 0 Å². The highest BCUT2D eigenvalue weighted by Gasteiger charge is 2.11. The summed E-state index contributed by atoms with van der Waals surface area (Å²) >= 11 is 0. The fraction of sp³-hybridized carbons (Fsp3) is 0.763. The molecule has 0 heterocycles. The van der Waals surface area contributed by atoms with Gasteiger partial charge in [-0.2, -0.15) is 0 Å². The zero-order valence-electron chi connectivity index (χ0n) is 28.5. The summed E-state index contributed by atoms with van der Waals surface area (Å²) in [5.74, 6) is -1.36. The summed E-state index contributed by atoms with van der Waals surface area (Å²) < 4.78 is 5.84. The number of carboxylic acids is 1. The molecule has 1 amide bonds. The van der Waals surface area contributed by atoms with Crippen LogP contribution in [0.25, 0.3) is 0 Å². The molecule has 0 aliphatic rings. The first-order valence-electron chi connectivity index (χ1n) is 18.1. The van der Waals surface area contributed by atoms with Gasteiger partial charge in [-0.05, 0) is 70.3 Å². The molecule has 0 saturated heterocycles. The van der Waals surface area contributed by atoms with Crippen molar-refractivity contribution in [1.82, 2.24) is 5.32 Å². The van der Waals surface area contributed by atoms with Crippen LogP contribution in [0.15, 0.2) is 36.5 Å². The van der Waals surface area contributed by atoms with E-state index in [9.17, 15) is 14.4 Å². The zero-order chi connectivity index (χ0) is 32.4. The topological polar surface area (TPSA) is 92.7 Å². The molecule has 6 heteroatoms. The number of carbonyl (C=O) groups is 3. The van der Waals surface area contributed by atoms with Crippen LogP contribution in [0.5, 0.6) is 0 Å². The highest BCUT2D eigenvalue weighted by molar-refractivity contribution is 5.80. The molecule has 1 atom stereocenters. The van der Waals surface area contributed by atoms with Crippen LogP contribution in [0.4, 0.5) is 0 Å². The third-order valence-electron chi connectivity index (χ3n) is 7.77. The fourth-order valence-corrected chi connectivity index (χ4v) is 5.03. The molecule has 2 N–H and O–H groups in total. The molecule has 0 radical (unpaired) electrons. The molecule has 0 aromatic heterocycles. The van der Waals surface area contributed by atoms with Gasteiger partial charge in [0.1, 0.15) is 12.6 Å². The SMILES string of the molecule is CCCC/C=C\C/C=C\C(CCCCCCC(=O)NCC(=O)O)OC(=O)CCCCCCC/C=C\CCCCCCCCC. The number of rotatable bonds is 32. The molecule has 0 bridgehead atoms. The summed E-state index contributed by atoms with van der Waals surface area (Å²) in [5.41, 5.74) is 0. The number of ether oxygens (including phenoxy) is 1. The minimum absolute atomic E-state index is 0.110. The summed E-state index contributed by atoms with van der Waals surface area (Å²) in [6.07, 6.45) is 40.0. The first-order valence-corrected chi connectivity index (χ1v) is 18.1. The Morgan fingerprint density at radius 2 is 1.14 bits per heavy atom. The Morgan fingerprint density at radius 1 is 0.614 bits per heavy atom. The second-order valence-corrected chi connectivity index (χ2v) is 12.1. The van der Waals surface area contributed by atoms with Gasteiger partial charge >= 0.3 is 11.9 Å². The first-order chi connectivity index (χ1) is 21.5. The van der Waals surface area contributed by atoms with Crippen LogP contribution in [0.2, 0.25) is 0 Å². The predicted molar refractivity (Wildman–Crippen MR) is 185 cm³/mol. The monoisotopic (exact) mass is 618 g/mol. The van der Waals surface area contributed by atoms with E-state index in [0.717, 1.165) is 64.2 Å². The van der Waals surface area contributed by atoms with Crippen LogP contribution in [-0.4, -0.2) is 35.6 Å². The Morgan fingerprint density at radius 3 is 1.77 bits per heavy atom. The van der Waals surface area contributed by atoms with Crippen LogP contribution < -0.4 is 5.32 Å². The fourth-order valence-electron chi connectivity index (χ4n) is 5.03. The number of hydrogen-bond donors (Lipinski definition) is 2. The van der Waals surface area contributed by atoms with E-state index < -0.39 is 5.97 Å². The quantitative estimate of drug-likeness (QED) is 0.0445. The maximum absolute atomic E-state index is 12.6. The first kappa shape index (κ1) is 41.6. The number of aliphatic carboxylic acids is 1.